The van der Waals surface area contributed by atoms with E-state index in [0.717, 1.165) is 11.1 Å². The van der Waals surface area contributed by atoms with Crippen LogP contribution < -0.4 is 10.6 Å². The van der Waals surface area contributed by atoms with Gasteiger partial charge >= 0.3 is 12.1 Å². The fraction of sp³-hybridized carbons (Fsp3) is 0.600. The Labute approximate surface area is 213 Å². The lowest BCUT2D eigenvalue weighted by Gasteiger charge is -2.43. The van der Waals surface area contributed by atoms with Crippen molar-refractivity contribution in [1.29, 1.82) is 0 Å². The van der Waals surface area contributed by atoms with Crippen molar-refractivity contribution in [1.82, 2.24) is 15.5 Å². The van der Waals surface area contributed by atoms with Crippen LogP contribution in [0.1, 0.15) is 64.3 Å². The van der Waals surface area contributed by atoms with Gasteiger partial charge in [-0.3, -0.25) is 14.4 Å². The Kier molecular flexibility index (Phi) is 10.6. The standard InChI is InChI=1S/C25H39N3O6S/c1-15-10-16(2)12-17(11-15)20(21(30)26-13-19(29)33-9)28(24(3,4)5)22(31)18(14-35)27-23(32)34-25(6,7)8/h10-12,18,20,35H,13-14H2,1-9H3,(H,26,30)(H,27,32). The molecule has 0 bridgehead atoms. The molecule has 196 valence electrons. The molecule has 3 amide bonds. The predicted octanol–water partition coefficient (Wildman–Crippen LogP) is 3.08. The molecule has 35 heavy (non-hydrogen) atoms. The number of carbonyl (C=O) groups excluding carboxylic acids is 4. The molecule has 0 fully saturated rings. The molecule has 0 saturated heterocycles. The highest BCUT2D eigenvalue weighted by Gasteiger charge is 2.41. The first-order valence-electron chi connectivity index (χ1n) is 11.4. The van der Waals surface area contributed by atoms with Crippen molar-refractivity contribution in [2.45, 2.75) is 78.6 Å². The molecule has 10 heteroatoms. The highest BCUT2D eigenvalue weighted by molar-refractivity contribution is 7.80. The van der Waals surface area contributed by atoms with Gasteiger partial charge in [0.15, 0.2) is 0 Å². The Morgan fingerprint density at radius 2 is 1.54 bits per heavy atom. The lowest BCUT2D eigenvalue weighted by Crippen LogP contribution is -2.59. The van der Waals surface area contributed by atoms with Crippen LogP contribution in [0.5, 0.6) is 0 Å². The second kappa shape index (κ2) is 12.3. The molecular formula is C25H39N3O6S. The number of aryl methyl sites for hydroxylation is 2. The number of rotatable bonds is 8. The second-order valence-electron chi connectivity index (χ2n) is 10.4. The van der Waals surface area contributed by atoms with E-state index in [4.69, 9.17) is 4.74 Å². The Bertz CT molecular complexity index is 916. The normalized spacial score (nSPS) is 13.3. The van der Waals surface area contributed by atoms with Crippen LogP contribution >= 0.6 is 12.6 Å². The summed E-state index contributed by atoms with van der Waals surface area (Å²) in [6.45, 7) is 13.9. The highest BCUT2D eigenvalue weighted by Crippen LogP contribution is 2.31. The predicted molar refractivity (Wildman–Crippen MR) is 137 cm³/mol. The topological polar surface area (TPSA) is 114 Å². The Morgan fingerprint density at radius 3 is 1.97 bits per heavy atom. The second-order valence-corrected chi connectivity index (χ2v) is 10.7. The van der Waals surface area contributed by atoms with Gasteiger partial charge in [-0.2, -0.15) is 12.6 Å². The van der Waals surface area contributed by atoms with Crippen LogP contribution in [0, 0.1) is 13.8 Å². The molecule has 0 saturated carbocycles. The summed E-state index contributed by atoms with van der Waals surface area (Å²) >= 11 is 4.27. The average Bonchev–Trinajstić information content (AvgIpc) is 2.70. The number of esters is 1. The summed E-state index contributed by atoms with van der Waals surface area (Å²) in [5.74, 6) is -1.71. The van der Waals surface area contributed by atoms with Crippen LogP contribution in [0.2, 0.25) is 0 Å². The first-order chi connectivity index (χ1) is 16.0. The summed E-state index contributed by atoms with van der Waals surface area (Å²) in [7, 11) is 1.22. The van der Waals surface area contributed by atoms with Crippen molar-refractivity contribution < 1.29 is 28.7 Å². The van der Waals surface area contributed by atoms with Gasteiger partial charge in [-0.15, -0.1) is 0 Å². The quantitative estimate of drug-likeness (QED) is 0.367. The number of hydrogen-bond donors (Lipinski definition) is 3. The van der Waals surface area contributed by atoms with Gasteiger partial charge in [0.2, 0.25) is 11.8 Å². The van der Waals surface area contributed by atoms with Crippen molar-refractivity contribution in [3.63, 3.8) is 0 Å². The fourth-order valence-electron chi connectivity index (χ4n) is 3.56. The molecule has 0 heterocycles. The molecule has 0 spiro atoms. The van der Waals surface area contributed by atoms with E-state index < -0.39 is 47.1 Å². The third kappa shape index (κ3) is 9.43. The van der Waals surface area contributed by atoms with Crippen molar-refractivity contribution in [2.24, 2.45) is 0 Å². The lowest BCUT2D eigenvalue weighted by molar-refractivity contribution is -0.149. The number of benzene rings is 1. The third-order valence-electron chi connectivity index (χ3n) is 4.83. The number of thiol groups is 1. The molecule has 0 aliphatic rings. The Hall–Kier alpha value is -2.75. The molecule has 2 unspecified atom stereocenters. The maximum atomic E-state index is 13.8. The largest absolute Gasteiger partial charge is 0.468 e. The monoisotopic (exact) mass is 509 g/mol. The van der Waals surface area contributed by atoms with Crippen LogP contribution in [0.4, 0.5) is 4.79 Å². The van der Waals surface area contributed by atoms with Crippen LogP contribution in [0.15, 0.2) is 18.2 Å². The van der Waals surface area contributed by atoms with Crippen molar-refractivity contribution >= 4 is 36.5 Å². The van der Waals surface area contributed by atoms with E-state index in [-0.39, 0.29) is 12.3 Å². The van der Waals surface area contributed by atoms with E-state index in [1.807, 2.05) is 32.0 Å². The smallest absolute Gasteiger partial charge is 0.408 e. The van der Waals surface area contributed by atoms with Gasteiger partial charge in [-0.05, 0) is 61.0 Å². The third-order valence-corrected chi connectivity index (χ3v) is 5.20. The number of hydrogen-bond acceptors (Lipinski definition) is 7. The minimum Gasteiger partial charge on any atom is -0.468 e. The molecule has 1 aromatic carbocycles. The van der Waals surface area contributed by atoms with E-state index in [1.54, 1.807) is 41.5 Å². The lowest BCUT2D eigenvalue weighted by atomic mass is 9.93. The SMILES string of the molecule is COC(=O)CNC(=O)C(c1cc(C)cc(C)c1)N(C(=O)C(CS)NC(=O)OC(C)(C)C)C(C)(C)C. The Morgan fingerprint density at radius 1 is 1.00 bits per heavy atom. The zero-order valence-corrected chi connectivity index (χ0v) is 23.0. The average molecular weight is 510 g/mol. The van der Waals surface area contributed by atoms with E-state index in [0.29, 0.717) is 5.56 Å². The summed E-state index contributed by atoms with van der Waals surface area (Å²) in [6.07, 6.45) is -0.767. The maximum absolute atomic E-state index is 13.8. The number of carbonyl (C=O) groups is 4. The number of amides is 3. The zero-order valence-electron chi connectivity index (χ0n) is 22.1. The number of alkyl carbamates (subject to hydrolysis) is 1. The van der Waals surface area contributed by atoms with Gasteiger partial charge in [-0.1, -0.05) is 29.3 Å². The summed E-state index contributed by atoms with van der Waals surface area (Å²) in [6, 6.07) is 3.44. The molecule has 2 N–H and O–H groups in total. The van der Waals surface area contributed by atoms with Gasteiger partial charge in [0, 0.05) is 11.3 Å². The first kappa shape index (κ1) is 30.3. The number of ether oxygens (including phenoxy) is 2. The van der Waals surface area contributed by atoms with E-state index >= 15 is 0 Å². The summed E-state index contributed by atoms with van der Waals surface area (Å²) in [5, 5.41) is 5.14. The molecule has 2 atom stereocenters. The molecule has 1 aromatic rings. The molecule has 0 aliphatic heterocycles. The molecular weight excluding hydrogens is 470 g/mol. The fourth-order valence-corrected chi connectivity index (χ4v) is 3.81. The van der Waals surface area contributed by atoms with Gasteiger partial charge in [0.25, 0.3) is 0 Å². The number of nitrogens with one attached hydrogen (secondary N) is 2. The van der Waals surface area contributed by atoms with E-state index in [1.165, 1.54) is 12.0 Å². The summed E-state index contributed by atoms with van der Waals surface area (Å²) in [4.78, 5) is 52.8. The van der Waals surface area contributed by atoms with E-state index in [9.17, 15) is 19.2 Å². The minimum absolute atomic E-state index is 0.0198. The van der Waals surface area contributed by atoms with Gasteiger partial charge < -0.3 is 25.0 Å². The summed E-state index contributed by atoms with van der Waals surface area (Å²) in [5.41, 5.74) is 0.782. The molecule has 9 nitrogen and oxygen atoms in total. The Balaban J connectivity index is 3.52. The maximum Gasteiger partial charge on any atom is 0.408 e. The highest BCUT2D eigenvalue weighted by atomic mass is 32.1. The van der Waals surface area contributed by atoms with Crippen LogP contribution in [-0.2, 0) is 23.9 Å². The van der Waals surface area contributed by atoms with Crippen LogP contribution in [0.3, 0.4) is 0 Å². The number of methoxy groups -OCH3 is 1. The van der Waals surface area contributed by atoms with Crippen molar-refractivity contribution in [3.05, 3.63) is 34.9 Å². The zero-order chi connectivity index (χ0) is 27.1. The van der Waals surface area contributed by atoms with Gasteiger partial charge in [0.1, 0.15) is 24.2 Å². The molecule has 0 aromatic heterocycles. The van der Waals surface area contributed by atoms with Crippen molar-refractivity contribution in [2.75, 3.05) is 19.4 Å². The van der Waals surface area contributed by atoms with Crippen LogP contribution in [-0.4, -0.2) is 65.4 Å². The van der Waals surface area contributed by atoms with Crippen LogP contribution in [0.25, 0.3) is 0 Å². The summed E-state index contributed by atoms with van der Waals surface area (Å²) < 4.78 is 9.93. The first-order valence-corrected chi connectivity index (χ1v) is 12.0. The van der Waals surface area contributed by atoms with E-state index in [2.05, 4.69) is 28.0 Å². The minimum atomic E-state index is -1.09. The van der Waals surface area contributed by atoms with Gasteiger partial charge in [-0.25, -0.2) is 4.79 Å². The molecule has 1 rings (SSSR count). The van der Waals surface area contributed by atoms with Crippen molar-refractivity contribution in [3.8, 4) is 0 Å². The molecule has 0 aliphatic carbocycles. The van der Waals surface area contributed by atoms with Gasteiger partial charge in [0.05, 0.1) is 7.11 Å². The number of nitrogens with zero attached hydrogens (tertiary/aromatic N) is 1. The molecule has 0 radical (unpaired) electrons.